The maximum atomic E-state index is 12.1. The average Bonchev–Trinajstić information content (AvgIpc) is 2.75. The lowest BCUT2D eigenvalue weighted by Crippen LogP contribution is -2.44. The molecule has 2 aliphatic heterocycles. The van der Waals surface area contributed by atoms with Crippen molar-refractivity contribution in [3.63, 3.8) is 0 Å². The molecule has 9 heteroatoms. The minimum atomic E-state index is -3.58. The highest BCUT2D eigenvalue weighted by atomic mass is 35.7. The number of amides is 2. The number of ether oxygens (including phenoxy) is 1. The zero-order chi connectivity index (χ0) is 18.8. The maximum Gasteiger partial charge on any atom is 0.410 e. The fourth-order valence-corrected chi connectivity index (χ4v) is 4.68. The zero-order valence-corrected chi connectivity index (χ0v) is 16.6. The second kappa shape index (κ2) is 7.70. The van der Waals surface area contributed by atoms with Crippen LogP contribution in [0.5, 0.6) is 0 Å². The molecular weight excluding hydrogens is 368 g/mol. The molecule has 0 aromatic carbocycles. The first-order valence-corrected chi connectivity index (χ1v) is 11.1. The molecule has 2 fully saturated rings. The van der Waals surface area contributed by atoms with Crippen molar-refractivity contribution in [1.29, 1.82) is 0 Å². The molecular formula is C16H27ClN2O5S. The molecule has 1 atom stereocenters. The molecule has 0 spiro atoms. The highest BCUT2D eigenvalue weighted by Gasteiger charge is 2.34. The molecule has 0 radical (unpaired) electrons. The number of rotatable bonds is 4. The molecule has 1 unspecified atom stereocenters. The van der Waals surface area contributed by atoms with Gasteiger partial charge in [0.15, 0.2) is 0 Å². The van der Waals surface area contributed by atoms with Gasteiger partial charge in [-0.2, -0.15) is 0 Å². The molecule has 0 aromatic rings. The smallest absolute Gasteiger partial charge is 0.410 e. The summed E-state index contributed by atoms with van der Waals surface area (Å²) in [5, 5.41) is 0. The topological polar surface area (TPSA) is 84.0 Å². The molecule has 2 aliphatic rings. The first-order valence-electron chi connectivity index (χ1n) is 8.61. The number of halogens is 1. The Morgan fingerprint density at radius 1 is 1.24 bits per heavy atom. The van der Waals surface area contributed by atoms with Crippen LogP contribution in [0.2, 0.25) is 0 Å². The Morgan fingerprint density at radius 2 is 1.84 bits per heavy atom. The van der Waals surface area contributed by atoms with E-state index in [9.17, 15) is 18.0 Å². The maximum absolute atomic E-state index is 12.1. The van der Waals surface area contributed by atoms with Gasteiger partial charge in [-0.25, -0.2) is 13.2 Å². The average molecular weight is 395 g/mol. The van der Waals surface area contributed by atoms with Gasteiger partial charge in [-0.05, 0) is 39.5 Å². The molecule has 144 valence electrons. The summed E-state index contributed by atoms with van der Waals surface area (Å²) in [5.41, 5.74) is -0.506. The summed E-state index contributed by atoms with van der Waals surface area (Å²) in [6.45, 7) is 7.80. The largest absolute Gasteiger partial charge is 0.444 e. The zero-order valence-electron chi connectivity index (χ0n) is 15.0. The number of likely N-dealkylation sites (tertiary alicyclic amines) is 2. The van der Waals surface area contributed by atoms with Crippen molar-refractivity contribution >= 4 is 31.7 Å². The fraction of sp³-hybridized carbons (Fsp3) is 0.875. The Morgan fingerprint density at radius 3 is 2.36 bits per heavy atom. The van der Waals surface area contributed by atoms with Crippen molar-refractivity contribution in [2.24, 2.45) is 11.8 Å². The van der Waals surface area contributed by atoms with Gasteiger partial charge in [0.1, 0.15) is 5.60 Å². The number of piperidine rings is 1. The van der Waals surface area contributed by atoms with E-state index in [-0.39, 0.29) is 30.1 Å². The SMILES string of the molecule is CC(C)(C)OC(=O)N1CCC(CN2CC(CS(=O)(=O)Cl)CC2=O)CC1. The fourth-order valence-electron chi connectivity index (χ4n) is 3.36. The Balaban J connectivity index is 1.78. The standard InChI is InChI=1S/C16H27ClN2O5S/c1-16(2,3)24-15(21)18-6-4-12(5-7-18)9-19-10-13(8-14(19)20)11-25(17,22)23/h12-13H,4-11H2,1-3H3. The first kappa shape index (κ1) is 20.3. The Bertz CT molecular complexity index is 609. The van der Waals surface area contributed by atoms with Crippen LogP contribution in [0.25, 0.3) is 0 Å². The van der Waals surface area contributed by atoms with Gasteiger partial charge in [0.05, 0.1) is 5.75 Å². The van der Waals surface area contributed by atoms with Crippen LogP contribution >= 0.6 is 10.7 Å². The van der Waals surface area contributed by atoms with E-state index in [0.29, 0.717) is 32.1 Å². The third-order valence-corrected chi connectivity index (χ3v) is 5.72. The van der Waals surface area contributed by atoms with Crippen LogP contribution in [-0.4, -0.2) is 67.8 Å². The van der Waals surface area contributed by atoms with E-state index in [1.54, 1.807) is 9.80 Å². The number of hydrogen-bond donors (Lipinski definition) is 0. The van der Waals surface area contributed by atoms with Gasteiger partial charge in [-0.3, -0.25) is 4.79 Å². The third-order valence-electron chi connectivity index (χ3n) is 4.47. The van der Waals surface area contributed by atoms with Crippen LogP contribution in [0.15, 0.2) is 0 Å². The molecule has 0 saturated carbocycles. The number of nitrogens with zero attached hydrogens (tertiary/aromatic N) is 2. The summed E-state index contributed by atoms with van der Waals surface area (Å²) in [5.74, 6) is -0.0841. The lowest BCUT2D eigenvalue weighted by Gasteiger charge is -2.34. The Hall–Kier alpha value is -1.02. The van der Waals surface area contributed by atoms with Gasteiger partial charge in [0.25, 0.3) is 0 Å². The van der Waals surface area contributed by atoms with Crippen molar-refractivity contribution in [2.75, 3.05) is 31.9 Å². The second-order valence-electron chi connectivity index (χ2n) is 7.99. The molecule has 0 aliphatic carbocycles. The van der Waals surface area contributed by atoms with E-state index in [0.717, 1.165) is 12.8 Å². The van der Waals surface area contributed by atoms with Gasteiger partial charge in [0.2, 0.25) is 15.0 Å². The normalized spacial score (nSPS) is 23.2. The Labute approximate surface area is 154 Å². The molecule has 7 nitrogen and oxygen atoms in total. The number of hydrogen-bond acceptors (Lipinski definition) is 5. The predicted molar refractivity (Wildman–Crippen MR) is 94.9 cm³/mol. The molecule has 0 N–H and O–H groups in total. The Kier molecular flexibility index (Phi) is 6.25. The summed E-state index contributed by atoms with van der Waals surface area (Å²) < 4.78 is 27.7. The monoisotopic (exact) mass is 394 g/mol. The van der Waals surface area contributed by atoms with Crippen molar-refractivity contribution < 1.29 is 22.7 Å². The van der Waals surface area contributed by atoms with Crippen LogP contribution in [0, 0.1) is 11.8 Å². The van der Waals surface area contributed by atoms with Gasteiger partial charge < -0.3 is 14.5 Å². The number of carbonyl (C=O) groups is 2. The summed E-state index contributed by atoms with van der Waals surface area (Å²) in [4.78, 5) is 27.6. The van der Waals surface area contributed by atoms with Crippen LogP contribution in [0.3, 0.4) is 0 Å². The molecule has 2 amide bonds. The molecule has 2 rings (SSSR count). The predicted octanol–water partition coefficient (Wildman–Crippen LogP) is 2.05. The van der Waals surface area contributed by atoms with Crippen LogP contribution in [0.4, 0.5) is 4.79 Å². The lowest BCUT2D eigenvalue weighted by atomic mass is 9.96. The van der Waals surface area contributed by atoms with E-state index >= 15 is 0 Å². The lowest BCUT2D eigenvalue weighted by molar-refractivity contribution is -0.128. The van der Waals surface area contributed by atoms with Crippen molar-refractivity contribution in [3.8, 4) is 0 Å². The summed E-state index contributed by atoms with van der Waals surface area (Å²) in [7, 11) is 1.70. The van der Waals surface area contributed by atoms with Gasteiger partial charge in [-0.1, -0.05) is 0 Å². The van der Waals surface area contributed by atoms with Gasteiger partial charge in [-0.15, -0.1) is 0 Å². The minimum absolute atomic E-state index is 0.0140. The minimum Gasteiger partial charge on any atom is -0.444 e. The summed E-state index contributed by atoms with van der Waals surface area (Å²) in [6, 6.07) is 0. The van der Waals surface area contributed by atoms with E-state index < -0.39 is 14.7 Å². The van der Waals surface area contributed by atoms with Crippen LogP contribution < -0.4 is 0 Å². The number of carbonyl (C=O) groups excluding carboxylic acids is 2. The van der Waals surface area contributed by atoms with E-state index in [2.05, 4.69) is 0 Å². The molecule has 0 bridgehead atoms. The molecule has 0 aromatic heterocycles. The highest BCUT2D eigenvalue weighted by Crippen LogP contribution is 2.25. The van der Waals surface area contributed by atoms with Crippen molar-refractivity contribution in [1.82, 2.24) is 9.80 Å². The second-order valence-corrected chi connectivity index (χ2v) is 10.8. The summed E-state index contributed by atoms with van der Waals surface area (Å²) in [6.07, 6.45) is 1.56. The molecule has 2 saturated heterocycles. The summed E-state index contributed by atoms with van der Waals surface area (Å²) >= 11 is 0. The molecule has 25 heavy (non-hydrogen) atoms. The van der Waals surface area contributed by atoms with E-state index in [1.165, 1.54) is 0 Å². The van der Waals surface area contributed by atoms with E-state index in [1.807, 2.05) is 20.8 Å². The van der Waals surface area contributed by atoms with Crippen LogP contribution in [-0.2, 0) is 18.6 Å². The third kappa shape index (κ3) is 6.66. The van der Waals surface area contributed by atoms with Crippen molar-refractivity contribution in [3.05, 3.63) is 0 Å². The van der Waals surface area contributed by atoms with Crippen molar-refractivity contribution in [2.45, 2.75) is 45.6 Å². The quantitative estimate of drug-likeness (QED) is 0.681. The van der Waals surface area contributed by atoms with Gasteiger partial charge in [0, 0.05) is 49.2 Å². The van der Waals surface area contributed by atoms with E-state index in [4.69, 9.17) is 15.4 Å². The highest BCUT2D eigenvalue weighted by molar-refractivity contribution is 8.13. The van der Waals surface area contributed by atoms with Gasteiger partial charge >= 0.3 is 6.09 Å². The molecule has 2 heterocycles. The van der Waals surface area contributed by atoms with Crippen LogP contribution in [0.1, 0.15) is 40.0 Å². The first-order chi connectivity index (χ1) is 11.4.